The Hall–Kier alpha value is -2.14. The summed E-state index contributed by atoms with van der Waals surface area (Å²) < 4.78 is 5.30. The van der Waals surface area contributed by atoms with E-state index in [1.807, 2.05) is 55.0 Å². The first-order chi connectivity index (χ1) is 12.1. The van der Waals surface area contributed by atoms with E-state index in [1.54, 1.807) is 7.11 Å². The molecule has 1 atom stereocenters. The average molecular weight is 356 g/mol. The zero-order chi connectivity index (χ0) is 17.8. The molecule has 0 N–H and O–H groups in total. The Labute approximate surface area is 153 Å². The highest BCUT2D eigenvalue weighted by Crippen LogP contribution is 2.38. The molecule has 1 aliphatic rings. The molecule has 1 unspecified atom stereocenters. The fourth-order valence-electron chi connectivity index (χ4n) is 2.97. The van der Waals surface area contributed by atoms with E-state index in [9.17, 15) is 4.79 Å². The van der Waals surface area contributed by atoms with E-state index in [-0.39, 0.29) is 11.3 Å². The maximum absolute atomic E-state index is 12.6. The third-order valence-electron chi connectivity index (χ3n) is 4.38. The van der Waals surface area contributed by atoms with Crippen LogP contribution < -0.4 is 9.64 Å². The molecule has 1 fully saturated rings. The molecule has 25 heavy (non-hydrogen) atoms. The van der Waals surface area contributed by atoms with E-state index in [4.69, 9.17) is 4.74 Å². The van der Waals surface area contributed by atoms with Crippen molar-refractivity contribution in [1.29, 1.82) is 0 Å². The SMILES string of the molecule is COc1cccc(CN2C(=O)CCSC2c2ccc(N(C)C)cc2)c1. The maximum atomic E-state index is 12.6. The number of benzene rings is 2. The van der Waals surface area contributed by atoms with Crippen molar-refractivity contribution in [3.63, 3.8) is 0 Å². The number of ether oxygens (including phenoxy) is 1. The van der Waals surface area contributed by atoms with Crippen LogP contribution in [-0.2, 0) is 11.3 Å². The molecule has 0 aliphatic carbocycles. The number of rotatable bonds is 5. The van der Waals surface area contributed by atoms with E-state index in [2.05, 4.69) is 29.2 Å². The number of carbonyl (C=O) groups is 1. The molecule has 0 bridgehead atoms. The summed E-state index contributed by atoms with van der Waals surface area (Å²) in [6.45, 7) is 0.600. The molecule has 2 aromatic rings. The monoisotopic (exact) mass is 356 g/mol. The molecule has 1 amide bonds. The summed E-state index contributed by atoms with van der Waals surface area (Å²) >= 11 is 1.83. The second-order valence-corrected chi connectivity index (χ2v) is 7.52. The van der Waals surface area contributed by atoms with Gasteiger partial charge in [0.25, 0.3) is 0 Å². The Balaban J connectivity index is 1.84. The van der Waals surface area contributed by atoms with E-state index in [0.717, 1.165) is 22.8 Å². The summed E-state index contributed by atoms with van der Waals surface area (Å²) in [4.78, 5) is 16.6. The van der Waals surface area contributed by atoms with E-state index in [0.29, 0.717) is 13.0 Å². The summed E-state index contributed by atoms with van der Waals surface area (Å²) in [5.74, 6) is 1.90. The van der Waals surface area contributed by atoms with Gasteiger partial charge in [0.2, 0.25) is 5.91 Å². The van der Waals surface area contributed by atoms with Gasteiger partial charge >= 0.3 is 0 Å². The number of carbonyl (C=O) groups excluding carboxylic acids is 1. The van der Waals surface area contributed by atoms with Gasteiger partial charge in [0.15, 0.2) is 0 Å². The minimum Gasteiger partial charge on any atom is -0.497 e. The highest BCUT2D eigenvalue weighted by Gasteiger charge is 2.29. The fourth-order valence-corrected chi connectivity index (χ4v) is 4.21. The zero-order valence-electron chi connectivity index (χ0n) is 14.9. The first-order valence-corrected chi connectivity index (χ1v) is 9.44. The molecule has 3 rings (SSSR count). The standard InChI is InChI=1S/C20H24N2O2S/c1-21(2)17-9-7-16(8-10-17)20-22(19(23)11-12-25-20)14-15-5-4-6-18(13-15)24-3/h4-10,13,20H,11-12,14H2,1-3H3. The quantitative estimate of drug-likeness (QED) is 0.813. The summed E-state index contributed by atoms with van der Waals surface area (Å²) in [5, 5.41) is 0.0589. The van der Waals surface area contributed by atoms with Crippen molar-refractivity contribution in [1.82, 2.24) is 4.90 Å². The van der Waals surface area contributed by atoms with Crippen LogP contribution in [0.3, 0.4) is 0 Å². The van der Waals surface area contributed by atoms with Crippen molar-refractivity contribution in [3.05, 3.63) is 59.7 Å². The summed E-state index contributed by atoms with van der Waals surface area (Å²) in [7, 11) is 5.72. The maximum Gasteiger partial charge on any atom is 0.224 e. The van der Waals surface area contributed by atoms with Crippen molar-refractivity contribution in [3.8, 4) is 5.75 Å². The first kappa shape index (κ1) is 17.7. The minimum atomic E-state index is 0.0589. The first-order valence-electron chi connectivity index (χ1n) is 8.40. The molecule has 0 spiro atoms. The molecule has 0 aromatic heterocycles. The van der Waals surface area contributed by atoms with Crippen molar-refractivity contribution in [2.24, 2.45) is 0 Å². The van der Waals surface area contributed by atoms with Crippen LogP contribution in [0.25, 0.3) is 0 Å². The molecule has 2 aromatic carbocycles. The topological polar surface area (TPSA) is 32.8 Å². The summed E-state index contributed by atoms with van der Waals surface area (Å²) in [6, 6.07) is 16.4. The van der Waals surface area contributed by atoms with Crippen LogP contribution in [0, 0.1) is 0 Å². The summed E-state index contributed by atoms with van der Waals surface area (Å²) in [6.07, 6.45) is 0.598. The molecular weight excluding hydrogens is 332 g/mol. The van der Waals surface area contributed by atoms with Gasteiger partial charge in [-0.2, -0.15) is 0 Å². The van der Waals surface area contributed by atoms with Crippen molar-refractivity contribution in [2.75, 3.05) is 31.9 Å². The van der Waals surface area contributed by atoms with E-state index >= 15 is 0 Å². The van der Waals surface area contributed by atoms with Crippen LogP contribution in [0.1, 0.15) is 22.9 Å². The number of hydrogen-bond acceptors (Lipinski definition) is 4. The molecule has 0 saturated carbocycles. The number of thioether (sulfide) groups is 1. The predicted molar refractivity (Wildman–Crippen MR) is 104 cm³/mol. The number of nitrogens with zero attached hydrogens (tertiary/aromatic N) is 2. The van der Waals surface area contributed by atoms with Gasteiger partial charge in [0.05, 0.1) is 7.11 Å². The Morgan fingerprint density at radius 2 is 1.96 bits per heavy atom. The van der Waals surface area contributed by atoms with Gasteiger partial charge in [-0.1, -0.05) is 24.3 Å². The van der Waals surface area contributed by atoms with Crippen LogP contribution in [0.2, 0.25) is 0 Å². The molecule has 0 radical (unpaired) electrons. The molecule has 4 nitrogen and oxygen atoms in total. The van der Waals surface area contributed by atoms with Crippen LogP contribution in [0.15, 0.2) is 48.5 Å². The third-order valence-corrected chi connectivity index (χ3v) is 5.66. The van der Waals surface area contributed by atoms with Gasteiger partial charge in [0.1, 0.15) is 11.1 Å². The molecule has 1 aliphatic heterocycles. The van der Waals surface area contributed by atoms with Crippen molar-refractivity contribution < 1.29 is 9.53 Å². The smallest absolute Gasteiger partial charge is 0.224 e. The molecule has 1 saturated heterocycles. The summed E-state index contributed by atoms with van der Waals surface area (Å²) in [5.41, 5.74) is 3.42. The van der Waals surface area contributed by atoms with E-state index in [1.165, 1.54) is 5.56 Å². The van der Waals surface area contributed by atoms with Gasteiger partial charge in [0, 0.05) is 38.5 Å². The molecular formula is C20H24N2O2S. The second kappa shape index (κ2) is 7.83. The second-order valence-electron chi connectivity index (χ2n) is 6.33. The number of amides is 1. The van der Waals surface area contributed by atoms with Gasteiger partial charge in [-0.05, 0) is 35.4 Å². The van der Waals surface area contributed by atoms with Crippen LogP contribution in [0.5, 0.6) is 5.75 Å². The molecule has 132 valence electrons. The molecule has 5 heteroatoms. The Morgan fingerprint density at radius 1 is 1.20 bits per heavy atom. The highest BCUT2D eigenvalue weighted by atomic mass is 32.2. The lowest BCUT2D eigenvalue weighted by atomic mass is 10.1. The Bertz CT molecular complexity index is 731. The molecule has 1 heterocycles. The lowest BCUT2D eigenvalue weighted by Gasteiger charge is -2.35. The minimum absolute atomic E-state index is 0.0589. The number of anilines is 1. The number of hydrogen-bond donors (Lipinski definition) is 0. The van der Waals surface area contributed by atoms with Gasteiger partial charge in [-0.25, -0.2) is 0 Å². The van der Waals surface area contributed by atoms with Crippen LogP contribution >= 0.6 is 11.8 Å². The Kier molecular flexibility index (Phi) is 5.53. The van der Waals surface area contributed by atoms with Crippen LogP contribution in [0.4, 0.5) is 5.69 Å². The van der Waals surface area contributed by atoms with Gasteiger partial charge in [-0.3, -0.25) is 4.79 Å². The highest BCUT2D eigenvalue weighted by molar-refractivity contribution is 7.99. The lowest BCUT2D eigenvalue weighted by molar-refractivity contribution is -0.132. The largest absolute Gasteiger partial charge is 0.497 e. The average Bonchev–Trinajstić information content (AvgIpc) is 2.63. The van der Waals surface area contributed by atoms with Crippen molar-refractivity contribution >= 4 is 23.4 Å². The number of methoxy groups -OCH3 is 1. The van der Waals surface area contributed by atoms with Crippen molar-refractivity contribution in [2.45, 2.75) is 18.3 Å². The van der Waals surface area contributed by atoms with Crippen LogP contribution in [-0.4, -0.2) is 37.8 Å². The fraction of sp³-hybridized carbons (Fsp3) is 0.350. The van der Waals surface area contributed by atoms with Gasteiger partial charge in [-0.15, -0.1) is 11.8 Å². The lowest BCUT2D eigenvalue weighted by Crippen LogP contribution is -2.36. The zero-order valence-corrected chi connectivity index (χ0v) is 15.8. The predicted octanol–water partition coefficient (Wildman–Crippen LogP) is 3.93. The Morgan fingerprint density at radius 3 is 2.64 bits per heavy atom. The van der Waals surface area contributed by atoms with E-state index < -0.39 is 0 Å². The van der Waals surface area contributed by atoms with Gasteiger partial charge < -0.3 is 14.5 Å². The normalized spacial score (nSPS) is 17.5. The third kappa shape index (κ3) is 4.10.